The zero-order valence-corrected chi connectivity index (χ0v) is 18.6. The Labute approximate surface area is 203 Å². The summed E-state index contributed by atoms with van der Waals surface area (Å²) in [5.41, 5.74) is 3.70. The standard InChI is InChI=1S/C26H16N8O2/c27-12-18-13-28-7-5-20(18)32-26(35)23-10-15-1-2-16(11-22(15)36-23)25-29-8-6-24(33-25)31-19-3-4-21-17(9-19)14-30-34-21/h1-11,13-14H,(H,30,34)(H,28,32,35)(H,29,31,33). The maximum absolute atomic E-state index is 12.7. The van der Waals surface area contributed by atoms with Gasteiger partial charge >= 0.3 is 0 Å². The molecule has 0 aliphatic carbocycles. The van der Waals surface area contributed by atoms with E-state index in [1.54, 1.807) is 36.7 Å². The van der Waals surface area contributed by atoms with Crippen molar-refractivity contribution < 1.29 is 9.21 Å². The van der Waals surface area contributed by atoms with Crippen LogP contribution in [0.3, 0.4) is 0 Å². The van der Waals surface area contributed by atoms with Gasteiger partial charge in [-0.3, -0.25) is 14.9 Å². The van der Waals surface area contributed by atoms with E-state index in [-0.39, 0.29) is 11.3 Å². The summed E-state index contributed by atoms with van der Waals surface area (Å²) in [7, 11) is 0. The minimum Gasteiger partial charge on any atom is -0.451 e. The predicted octanol–water partition coefficient (Wildman–Crippen LogP) is 5.03. The number of hydrogen-bond donors (Lipinski definition) is 3. The number of pyridine rings is 1. The van der Waals surface area contributed by atoms with E-state index < -0.39 is 5.91 Å². The first-order valence-electron chi connectivity index (χ1n) is 10.9. The Morgan fingerprint density at radius 3 is 2.86 bits per heavy atom. The van der Waals surface area contributed by atoms with E-state index in [1.165, 1.54) is 12.4 Å². The lowest BCUT2D eigenvalue weighted by molar-refractivity contribution is 0.0998. The van der Waals surface area contributed by atoms with Crippen LogP contribution in [0.4, 0.5) is 17.2 Å². The van der Waals surface area contributed by atoms with Gasteiger partial charge in [0.1, 0.15) is 17.5 Å². The van der Waals surface area contributed by atoms with E-state index in [9.17, 15) is 10.1 Å². The average molecular weight is 472 g/mol. The number of carbonyl (C=O) groups excluding carboxylic acids is 1. The average Bonchev–Trinajstić information content (AvgIpc) is 3.55. The molecular weight excluding hydrogens is 456 g/mol. The largest absolute Gasteiger partial charge is 0.451 e. The van der Waals surface area contributed by atoms with Gasteiger partial charge in [0.2, 0.25) is 0 Å². The molecule has 3 N–H and O–H groups in total. The molecule has 0 saturated heterocycles. The predicted molar refractivity (Wildman–Crippen MR) is 134 cm³/mol. The molecule has 0 saturated carbocycles. The second-order valence-corrected chi connectivity index (χ2v) is 7.91. The number of aromatic nitrogens is 5. The third kappa shape index (κ3) is 3.97. The van der Waals surface area contributed by atoms with Crippen molar-refractivity contribution in [1.82, 2.24) is 25.1 Å². The Morgan fingerprint density at radius 1 is 1.00 bits per heavy atom. The number of rotatable bonds is 5. The van der Waals surface area contributed by atoms with Crippen molar-refractivity contribution in [1.29, 1.82) is 5.26 Å². The van der Waals surface area contributed by atoms with Gasteiger partial charge < -0.3 is 15.1 Å². The maximum atomic E-state index is 12.7. The van der Waals surface area contributed by atoms with Crippen molar-refractivity contribution in [3.63, 3.8) is 0 Å². The molecule has 0 fully saturated rings. The fourth-order valence-electron chi connectivity index (χ4n) is 3.79. The third-order valence-electron chi connectivity index (χ3n) is 5.56. The van der Waals surface area contributed by atoms with Crippen LogP contribution in [0.1, 0.15) is 16.1 Å². The molecule has 36 heavy (non-hydrogen) atoms. The zero-order chi connectivity index (χ0) is 24.5. The molecule has 0 unspecified atom stereocenters. The van der Waals surface area contributed by atoms with Gasteiger partial charge in [0.15, 0.2) is 11.6 Å². The van der Waals surface area contributed by atoms with Crippen molar-refractivity contribution in [3.05, 3.63) is 90.7 Å². The lowest BCUT2D eigenvalue weighted by atomic mass is 10.1. The van der Waals surface area contributed by atoms with Gasteiger partial charge in [0.05, 0.1) is 23.0 Å². The van der Waals surface area contributed by atoms with E-state index in [2.05, 4.69) is 35.8 Å². The minimum absolute atomic E-state index is 0.119. The van der Waals surface area contributed by atoms with Crippen LogP contribution in [0.5, 0.6) is 0 Å². The second-order valence-electron chi connectivity index (χ2n) is 7.91. The van der Waals surface area contributed by atoms with Gasteiger partial charge in [0.25, 0.3) is 5.91 Å². The monoisotopic (exact) mass is 472 g/mol. The molecule has 2 aromatic carbocycles. The molecule has 0 aliphatic rings. The van der Waals surface area contributed by atoms with Crippen LogP contribution in [0.15, 0.2) is 83.8 Å². The normalized spacial score (nSPS) is 10.9. The number of aromatic amines is 1. The molecule has 6 aromatic rings. The summed E-state index contributed by atoms with van der Waals surface area (Å²) >= 11 is 0. The molecule has 6 rings (SSSR count). The lowest BCUT2D eigenvalue weighted by Crippen LogP contribution is -2.12. The fraction of sp³-hybridized carbons (Fsp3) is 0. The van der Waals surface area contributed by atoms with Crippen LogP contribution >= 0.6 is 0 Å². The van der Waals surface area contributed by atoms with Crippen LogP contribution in [0, 0.1) is 11.3 Å². The fourth-order valence-corrected chi connectivity index (χ4v) is 3.79. The number of anilines is 3. The van der Waals surface area contributed by atoms with Gasteiger partial charge in [0, 0.05) is 40.6 Å². The van der Waals surface area contributed by atoms with Gasteiger partial charge in [-0.15, -0.1) is 0 Å². The van der Waals surface area contributed by atoms with Crippen LogP contribution in [0.25, 0.3) is 33.3 Å². The van der Waals surface area contributed by atoms with Crippen LogP contribution in [-0.4, -0.2) is 31.1 Å². The van der Waals surface area contributed by atoms with Gasteiger partial charge in [-0.1, -0.05) is 12.1 Å². The molecular formula is C26H16N8O2. The van der Waals surface area contributed by atoms with Gasteiger partial charge in [-0.05, 0) is 42.5 Å². The van der Waals surface area contributed by atoms with E-state index in [0.717, 1.165) is 27.5 Å². The number of benzene rings is 2. The maximum Gasteiger partial charge on any atom is 0.291 e. The van der Waals surface area contributed by atoms with Crippen molar-refractivity contribution in [2.75, 3.05) is 10.6 Å². The molecule has 0 atom stereocenters. The summed E-state index contributed by atoms with van der Waals surface area (Å²) in [5.74, 6) is 0.790. The first kappa shape index (κ1) is 21.0. The number of amides is 1. The molecule has 0 aliphatic heterocycles. The van der Waals surface area contributed by atoms with Gasteiger partial charge in [-0.2, -0.15) is 10.4 Å². The summed E-state index contributed by atoms with van der Waals surface area (Å²) in [5, 5.41) is 23.9. The molecule has 0 bridgehead atoms. The molecule has 172 valence electrons. The van der Waals surface area contributed by atoms with Gasteiger partial charge in [-0.25, -0.2) is 9.97 Å². The highest BCUT2D eigenvalue weighted by molar-refractivity contribution is 6.05. The number of fused-ring (bicyclic) bond motifs is 2. The topological polar surface area (TPSA) is 145 Å². The molecule has 10 heteroatoms. The van der Waals surface area contributed by atoms with E-state index >= 15 is 0 Å². The van der Waals surface area contributed by atoms with E-state index in [0.29, 0.717) is 22.9 Å². The lowest BCUT2D eigenvalue weighted by Gasteiger charge is -2.07. The number of nitrogens with zero attached hydrogens (tertiary/aromatic N) is 5. The first-order valence-corrected chi connectivity index (χ1v) is 10.9. The first-order chi connectivity index (χ1) is 17.7. The summed E-state index contributed by atoms with van der Waals surface area (Å²) in [6.45, 7) is 0. The Hall–Kier alpha value is -5.56. The third-order valence-corrected chi connectivity index (χ3v) is 5.56. The highest BCUT2D eigenvalue weighted by Gasteiger charge is 2.15. The number of hydrogen-bond acceptors (Lipinski definition) is 8. The highest BCUT2D eigenvalue weighted by Crippen LogP contribution is 2.27. The number of nitrogens with one attached hydrogen (secondary N) is 3. The van der Waals surface area contributed by atoms with E-state index in [4.69, 9.17) is 4.42 Å². The van der Waals surface area contributed by atoms with Crippen molar-refractivity contribution in [2.45, 2.75) is 0 Å². The number of nitriles is 1. The molecule has 0 spiro atoms. The van der Waals surface area contributed by atoms with Crippen molar-refractivity contribution in [3.8, 4) is 17.5 Å². The number of carbonyl (C=O) groups is 1. The summed E-state index contributed by atoms with van der Waals surface area (Å²) in [6.07, 6.45) is 6.33. The molecule has 0 radical (unpaired) electrons. The molecule has 1 amide bonds. The smallest absolute Gasteiger partial charge is 0.291 e. The molecule has 4 aromatic heterocycles. The highest BCUT2D eigenvalue weighted by atomic mass is 16.3. The summed E-state index contributed by atoms with van der Waals surface area (Å²) < 4.78 is 5.81. The Balaban J connectivity index is 1.25. The van der Waals surface area contributed by atoms with E-state index in [1.807, 2.05) is 36.4 Å². The van der Waals surface area contributed by atoms with Crippen LogP contribution < -0.4 is 10.6 Å². The Kier molecular flexibility index (Phi) is 5.05. The van der Waals surface area contributed by atoms with Crippen molar-refractivity contribution in [2.24, 2.45) is 0 Å². The minimum atomic E-state index is -0.465. The van der Waals surface area contributed by atoms with Crippen LogP contribution in [0.2, 0.25) is 0 Å². The van der Waals surface area contributed by atoms with Crippen molar-refractivity contribution >= 4 is 45.0 Å². The number of H-pyrrole nitrogens is 1. The Morgan fingerprint density at radius 2 is 1.94 bits per heavy atom. The summed E-state index contributed by atoms with van der Waals surface area (Å²) in [6, 6.07) is 18.3. The Bertz CT molecular complexity index is 1800. The zero-order valence-electron chi connectivity index (χ0n) is 18.6. The summed E-state index contributed by atoms with van der Waals surface area (Å²) in [4.78, 5) is 25.6. The quantitative estimate of drug-likeness (QED) is 0.317. The molecule has 4 heterocycles. The molecule has 10 nitrogen and oxygen atoms in total. The number of furan rings is 1. The van der Waals surface area contributed by atoms with Crippen LogP contribution in [-0.2, 0) is 0 Å². The second kappa shape index (κ2) is 8.66. The SMILES string of the molecule is N#Cc1cnccc1NC(=O)c1cc2ccc(-c3nccc(Nc4ccc5[nH]ncc5c4)n3)cc2o1.